The fraction of sp³-hybridized carbons (Fsp3) is 0.714. The zero-order valence-electron chi connectivity index (χ0n) is 13.9. The molecule has 12 nitrogen and oxygen atoms in total. The van der Waals surface area contributed by atoms with E-state index in [-0.39, 0.29) is 10.3 Å². The van der Waals surface area contributed by atoms with Crippen molar-refractivity contribution in [3.8, 4) is 0 Å². The fourth-order valence-electron chi connectivity index (χ4n) is 3.07. The minimum absolute atomic E-state index is 0.0577. The van der Waals surface area contributed by atoms with Crippen LogP contribution in [0.4, 0.5) is 5.82 Å². The van der Waals surface area contributed by atoms with Crippen LogP contribution in [-0.2, 0) is 14.2 Å². The molecule has 2 aliphatic heterocycles. The van der Waals surface area contributed by atoms with Crippen LogP contribution in [0.3, 0.4) is 0 Å². The van der Waals surface area contributed by atoms with Crippen LogP contribution in [0, 0.1) is 0 Å². The molecule has 13 heteroatoms. The molecule has 0 radical (unpaired) electrons. The maximum atomic E-state index is 12.2. The first-order valence-corrected chi connectivity index (χ1v) is 8.84. The summed E-state index contributed by atoms with van der Waals surface area (Å²) in [6.45, 7) is -1.15. The van der Waals surface area contributed by atoms with E-state index in [1.54, 1.807) is 0 Å². The van der Waals surface area contributed by atoms with E-state index >= 15 is 0 Å². The van der Waals surface area contributed by atoms with Crippen LogP contribution >= 0.6 is 15.9 Å². The van der Waals surface area contributed by atoms with Gasteiger partial charge in [-0.15, -0.1) is 0 Å². The number of ether oxygens (including phenoxy) is 3. The van der Waals surface area contributed by atoms with E-state index in [2.05, 4.69) is 20.9 Å². The third-order valence-electron chi connectivity index (χ3n) is 4.43. The lowest BCUT2D eigenvalue weighted by atomic mass is 10.1. The number of aromatic nitrogens is 2. The second-order valence-electron chi connectivity index (χ2n) is 6.31. The standard InChI is InChI=1S/C14H20BrN3O9/c15-5-2-18(13(23)17-11(5)16)12-10(9(22)8(4-20)25-12)27-14(24)1-6(21)7(3-19)26-14/h2,6-10,12,19-22,24H,1,3-4H2,(H2,16,17,23)/t6-,7+,8+,9-,10+,12+,14-/m0/s1. The van der Waals surface area contributed by atoms with Gasteiger partial charge in [0.1, 0.15) is 30.2 Å². The summed E-state index contributed by atoms with van der Waals surface area (Å²) in [6.07, 6.45) is -6.65. The Morgan fingerprint density at radius 2 is 2.04 bits per heavy atom. The predicted octanol–water partition coefficient (Wildman–Crippen LogP) is -2.99. The summed E-state index contributed by atoms with van der Waals surface area (Å²) in [5.41, 5.74) is 4.75. The fourth-order valence-corrected chi connectivity index (χ4v) is 3.38. The maximum absolute atomic E-state index is 12.2. The number of halogens is 1. The predicted molar refractivity (Wildman–Crippen MR) is 90.0 cm³/mol. The van der Waals surface area contributed by atoms with Gasteiger partial charge < -0.3 is 45.5 Å². The molecule has 0 aliphatic carbocycles. The van der Waals surface area contributed by atoms with Gasteiger partial charge in [-0.3, -0.25) is 4.57 Å². The second kappa shape index (κ2) is 7.69. The molecule has 7 N–H and O–H groups in total. The van der Waals surface area contributed by atoms with Crippen molar-refractivity contribution in [1.29, 1.82) is 0 Å². The van der Waals surface area contributed by atoms with Gasteiger partial charge in [0.15, 0.2) is 6.23 Å². The highest BCUT2D eigenvalue weighted by Gasteiger charge is 2.53. The molecule has 152 valence electrons. The highest BCUT2D eigenvalue weighted by Crippen LogP contribution is 2.38. The van der Waals surface area contributed by atoms with Crippen LogP contribution in [0.1, 0.15) is 12.6 Å². The van der Waals surface area contributed by atoms with Gasteiger partial charge in [-0.1, -0.05) is 0 Å². The molecule has 7 atom stereocenters. The number of hydrogen-bond donors (Lipinski definition) is 6. The van der Waals surface area contributed by atoms with Crippen LogP contribution in [0.5, 0.6) is 0 Å². The highest BCUT2D eigenvalue weighted by molar-refractivity contribution is 9.10. The normalized spacial score (nSPS) is 39.2. The maximum Gasteiger partial charge on any atom is 0.351 e. The van der Waals surface area contributed by atoms with Gasteiger partial charge in [-0.2, -0.15) is 4.98 Å². The van der Waals surface area contributed by atoms with E-state index in [0.29, 0.717) is 0 Å². The van der Waals surface area contributed by atoms with Gasteiger partial charge in [0, 0.05) is 6.20 Å². The lowest BCUT2D eigenvalue weighted by Gasteiger charge is -2.30. The first-order valence-electron chi connectivity index (χ1n) is 8.04. The Morgan fingerprint density at radius 1 is 1.37 bits per heavy atom. The van der Waals surface area contributed by atoms with Crippen molar-refractivity contribution in [3.05, 3.63) is 21.2 Å². The van der Waals surface area contributed by atoms with Gasteiger partial charge in [-0.05, 0) is 15.9 Å². The second-order valence-corrected chi connectivity index (χ2v) is 7.16. The monoisotopic (exact) mass is 453 g/mol. The van der Waals surface area contributed by atoms with Gasteiger partial charge in [-0.25, -0.2) is 4.79 Å². The van der Waals surface area contributed by atoms with E-state index in [0.717, 1.165) is 4.57 Å². The average molecular weight is 454 g/mol. The van der Waals surface area contributed by atoms with Gasteiger partial charge >= 0.3 is 5.69 Å². The molecule has 3 heterocycles. The van der Waals surface area contributed by atoms with Crippen molar-refractivity contribution < 1.29 is 39.7 Å². The minimum Gasteiger partial charge on any atom is -0.394 e. The summed E-state index contributed by atoms with van der Waals surface area (Å²) >= 11 is 3.13. The molecule has 0 amide bonds. The first-order chi connectivity index (χ1) is 12.7. The van der Waals surface area contributed by atoms with Crippen LogP contribution in [-0.4, -0.2) is 84.8 Å². The Hall–Kier alpha value is -1.16. The van der Waals surface area contributed by atoms with Gasteiger partial charge in [0.25, 0.3) is 5.97 Å². The number of nitrogen functional groups attached to an aromatic ring is 1. The molecule has 3 rings (SSSR count). The lowest BCUT2D eigenvalue weighted by molar-refractivity contribution is -0.376. The SMILES string of the molecule is Nc1nc(=O)n([C@@H]2O[C@H](CO)[C@H](O)[C@H]2O[C@]2(O)C[C@H](O)[C@@H](CO)O2)cc1Br. The minimum atomic E-state index is -2.34. The number of nitrogens with two attached hydrogens (primary N) is 1. The zero-order chi connectivity index (χ0) is 19.9. The summed E-state index contributed by atoms with van der Waals surface area (Å²) in [5, 5.41) is 49.2. The molecule has 0 spiro atoms. The van der Waals surface area contributed by atoms with Gasteiger partial charge in [0.2, 0.25) is 0 Å². The van der Waals surface area contributed by atoms with Crippen molar-refractivity contribution >= 4 is 21.7 Å². The Bertz CT molecular complexity index is 749. The van der Waals surface area contributed by atoms with Crippen molar-refractivity contribution in [2.45, 2.75) is 49.1 Å². The molecule has 2 aliphatic rings. The third kappa shape index (κ3) is 3.87. The lowest BCUT2D eigenvalue weighted by Crippen LogP contribution is -2.45. The molecular weight excluding hydrogens is 434 g/mol. The number of hydrogen-bond acceptors (Lipinski definition) is 11. The third-order valence-corrected chi connectivity index (χ3v) is 5.04. The van der Waals surface area contributed by atoms with E-state index in [1.807, 2.05) is 0 Å². The van der Waals surface area contributed by atoms with E-state index in [9.17, 15) is 25.2 Å². The first kappa shape index (κ1) is 20.6. The Balaban J connectivity index is 1.91. The number of rotatable bonds is 5. The molecule has 0 unspecified atom stereocenters. The summed E-state index contributed by atoms with van der Waals surface area (Å²) in [5.74, 6) is -2.40. The van der Waals surface area contributed by atoms with E-state index in [1.165, 1.54) is 6.20 Å². The van der Waals surface area contributed by atoms with Crippen molar-refractivity contribution in [1.82, 2.24) is 9.55 Å². The smallest absolute Gasteiger partial charge is 0.351 e. The van der Waals surface area contributed by atoms with E-state index in [4.69, 9.17) is 25.1 Å². The summed E-state index contributed by atoms with van der Waals surface area (Å²) < 4.78 is 17.3. The van der Waals surface area contributed by atoms with Crippen LogP contribution in [0.25, 0.3) is 0 Å². The number of aliphatic hydroxyl groups excluding tert-OH is 4. The molecule has 0 bridgehead atoms. The number of anilines is 1. The van der Waals surface area contributed by atoms with Crippen molar-refractivity contribution in [2.24, 2.45) is 0 Å². The van der Waals surface area contributed by atoms with Crippen molar-refractivity contribution in [2.75, 3.05) is 18.9 Å². The molecule has 2 fully saturated rings. The van der Waals surface area contributed by atoms with Crippen molar-refractivity contribution in [3.63, 3.8) is 0 Å². The topological polar surface area (TPSA) is 190 Å². The van der Waals surface area contributed by atoms with Crippen LogP contribution in [0.2, 0.25) is 0 Å². The average Bonchev–Trinajstić information content (AvgIpc) is 3.07. The number of aliphatic hydroxyl groups is 5. The van der Waals surface area contributed by atoms with Crippen LogP contribution < -0.4 is 11.4 Å². The quantitative estimate of drug-likeness (QED) is 0.249. The molecule has 27 heavy (non-hydrogen) atoms. The summed E-state index contributed by atoms with van der Waals surface area (Å²) in [4.78, 5) is 15.8. The molecule has 1 aromatic rings. The highest BCUT2D eigenvalue weighted by atomic mass is 79.9. The Labute approximate surface area is 160 Å². The summed E-state index contributed by atoms with van der Waals surface area (Å²) in [6, 6.07) is 0. The van der Waals surface area contributed by atoms with E-state index < -0.39 is 68.0 Å². The zero-order valence-corrected chi connectivity index (χ0v) is 15.5. The molecule has 0 saturated carbocycles. The number of nitrogens with zero attached hydrogens (tertiary/aromatic N) is 2. The molecule has 0 aromatic carbocycles. The Kier molecular flexibility index (Phi) is 5.86. The molecular formula is C14H20BrN3O9. The molecule has 2 saturated heterocycles. The largest absolute Gasteiger partial charge is 0.394 e. The Morgan fingerprint density at radius 3 is 2.63 bits per heavy atom. The molecule has 1 aromatic heterocycles. The summed E-state index contributed by atoms with van der Waals surface area (Å²) in [7, 11) is 0. The van der Waals surface area contributed by atoms with Crippen LogP contribution in [0.15, 0.2) is 15.5 Å². The van der Waals surface area contributed by atoms with Gasteiger partial charge in [0.05, 0.1) is 30.2 Å².